The molecule has 0 aromatic heterocycles. The first-order valence-electron chi connectivity index (χ1n) is 10.5. The average Bonchev–Trinajstić information content (AvgIpc) is 3.01. The lowest BCUT2D eigenvalue weighted by Crippen LogP contribution is -2.41. The van der Waals surface area contributed by atoms with Crippen molar-refractivity contribution in [2.75, 3.05) is 4.90 Å². The third-order valence-corrected chi connectivity index (χ3v) is 6.67. The van der Waals surface area contributed by atoms with Crippen molar-refractivity contribution in [1.82, 2.24) is 0 Å². The maximum absolute atomic E-state index is 13.5. The predicted molar refractivity (Wildman–Crippen MR) is 131 cm³/mol. The van der Waals surface area contributed by atoms with E-state index in [9.17, 15) is 14.7 Å². The van der Waals surface area contributed by atoms with E-state index in [1.54, 1.807) is 36.4 Å². The molecule has 4 aromatic carbocycles. The summed E-state index contributed by atoms with van der Waals surface area (Å²) in [7, 11) is 0. The Morgan fingerprint density at radius 3 is 2.39 bits per heavy atom. The summed E-state index contributed by atoms with van der Waals surface area (Å²) >= 11 is 12.5. The van der Waals surface area contributed by atoms with Crippen LogP contribution in [-0.4, -0.2) is 16.8 Å². The molecule has 1 heterocycles. The van der Waals surface area contributed by atoms with Crippen LogP contribution in [0.4, 0.5) is 5.69 Å². The second-order valence-electron chi connectivity index (χ2n) is 8.17. The van der Waals surface area contributed by atoms with Crippen LogP contribution in [-0.2, 0) is 16.9 Å². The number of Topliss-reactive ketones (excluding diaryl/α,β-unsaturated/α-hetero) is 1. The molecule has 0 saturated heterocycles. The molecule has 1 aliphatic rings. The van der Waals surface area contributed by atoms with Crippen LogP contribution in [0.2, 0.25) is 10.0 Å². The molecule has 1 amide bonds. The minimum absolute atomic E-state index is 0.166. The van der Waals surface area contributed by atoms with Gasteiger partial charge in [0, 0.05) is 21.2 Å². The lowest BCUT2D eigenvalue weighted by Gasteiger charge is -2.23. The van der Waals surface area contributed by atoms with E-state index >= 15 is 0 Å². The summed E-state index contributed by atoms with van der Waals surface area (Å²) in [5.41, 5.74) is -0.0228. The molecule has 0 spiro atoms. The van der Waals surface area contributed by atoms with Crippen molar-refractivity contribution in [2.24, 2.45) is 0 Å². The number of nitrogens with zero attached hydrogens (tertiary/aromatic N) is 1. The van der Waals surface area contributed by atoms with Gasteiger partial charge in [-0.05, 0) is 46.7 Å². The van der Waals surface area contributed by atoms with Crippen LogP contribution in [0.25, 0.3) is 10.8 Å². The Morgan fingerprint density at radius 2 is 1.61 bits per heavy atom. The van der Waals surface area contributed by atoms with E-state index in [1.807, 2.05) is 48.5 Å². The van der Waals surface area contributed by atoms with Gasteiger partial charge in [-0.25, -0.2) is 0 Å². The van der Waals surface area contributed by atoms with E-state index in [4.69, 9.17) is 23.2 Å². The third-order valence-electron chi connectivity index (χ3n) is 6.07. The number of hydrogen-bond acceptors (Lipinski definition) is 3. The summed E-state index contributed by atoms with van der Waals surface area (Å²) in [5, 5.41) is 14.4. The number of ketones is 1. The van der Waals surface area contributed by atoms with Crippen LogP contribution in [0.5, 0.6) is 0 Å². The average molecular weight is 476 g/mol. The summed E-state index contributed by atoms with van der Waals surface area (Å²) in [5.74, 6) is -0.907. The number of fused-ring (bicyclic) bond motifs is 2. The molecule has 0 unspecified atom stereocenters. The SMILES string of the molecule is O=C(C[C@@]1(O)C(=O)N(Cc2ccccc2Cl)c2ccc(Cl)cc21)c1ccc2ccccc2c1. The second kappa shape index (κ2) is 8.31. The Bertz CT molecular complexity index is 1420. The number of benzene rings is 4. The van der Waals surface area contributed by atoms with Crippen molar-refractivity contribution in [2.45, 2.75) is 18.6 Å². The first kappa shape index (κ1) is 21.7. The quantitative estimate of drug-likeness (QED) is 0.352. The maximum atomic E-state index is 13.5. The molecule has 164 valence electrons. The Morgan fingerprint density at radius 1 is 0.879 bits per heavy atom. The monoisotopic (exact) mass is 475 g/mol. The molecule has 1 aliphatic heterocycles. The minimum Gasteiger partial charge on any atom is -0.375 e. The van der Waals surface area contributed by atoms with Crippen LogP contribution in [0, 0.1) is 0 Å². The number of carbonyl (C=O) groups is 2. The van der Waals surface area contributed by atoms with Gasteiger partial charge in [-0.1, -0.05) is 77.8 Å². The minimum atomic E-state index is -2.02. The van der Waals surface area contributed by atoms with Crippen LogP contribution in [0.1, 0.15) is 27.9 Å². The molecule has 0 aliphatic carbocycles. The van der Waals surface area contributed by atoms with Crippen molar-refractivity contribution in [3.63, 3.8) is 0 Å². The Kier molecular flexibility index (Phi) is 5.45. The van der Waals surface area contributed by atoms with Crippen molar-refractivity contribution < 1.29 is 14.7 Å². The van der Waals surface area contributed by atoms with E-state index in [0.717, 1.165) is 16.3 Å². The second-order valence-corrected chi connectivity index (χ2v) is 9.01. The highest BCUT2D eigenvalue weighted by molar-refractivity contribution is 6.31. The summed E-state index contributed by atoms with van der Waals surface area (Å²) in [6.07, 6.45) is -0.392. The number of halogens is 2. The Labute approximate surface area is 201 Å². The summed E-state index contributed by atoms with van der Waals surface area (Å²) < 4.78 is 0. The zero-order valence-corrected chi connectivity index (χ0v) is 19.0. The van der Waals surface area contributed by atoms with Gasteiger partial charge in [0.2, 0.25) is 0 Å². The van der Waals surface area contributed by atoms with Gasteiger partial charge in [0.1, 0.15) is 0 Å². The van der Waals surface area contributed by atoms with Crippen LogP contribution < -0.4 is 4.90 Å². The van der Waals surface area contributed by atoms with Gasteiger partial charge in [-0.15, -0.1) is 0 Å². The molecule has 1 atom stereocenters. The standard InChI is InChI=1S/C27H19Cl2NO3/c28-21-11-12-24-22(14-21)27(33,26(32)30(24)16-20-7-3-4-8-23(20)29)15-25(31)19-10-9-17-5-1-2-6-18(17)13-19/h1-14,33H,15-16H2/t27-/m0/s1. The van der Waals surface area contributed by atoms with Gasteiger partial charge in [-0.3, -0.25) is 9.59 Å². The molecule has 6 heteroatoms. The number of anilines is 1. The first-order valence-corrected chi connectivity index (χ1v) is 11.2. The van der Waals surface area contributed by atoms with Gasteiger partial charge in [0.15, 0.2) is 11.4 Å². The zero-order chi connectivity index (χ0) is 23.2. The summed E-state index contributed by atoms with van der Waals surface area (Å²) in [6, 6.07) is 25.2. The van der Waals surface area contributed by atoms with E-state index in [0.29, 0.717) is 26.9 Å². The molecule has 0 bridgehead atoms. The van der Waals surface area contributed by atoms with Crippen molar-refractivity contribution in [1.29, 1.82) is 0 Å². The molecule has 0 fully saturated rings. The summed E-state index contributed by atoms with van der Waals surface area (Å²) in [4.78, 5) is 28.2. The highest BCUT2D eigenvalue weighted by Gasteiger charge is 2.51. The first-order chi connectivity index (χ1) is 15.9. The van der Waals surface area contributed by atoms with Crippen molar-refractivity contribution in [3.8, 4) is 0 Å². The molecule has 4 nitrogen and oxygen atoms in total. The lowest BCUT2D eigenvalue weighted by molar-refractivity contribution is -0.136. The highest BCUT2D eigenvalue weighted by Crippen LogP contribution is 2.45. The van der Waals surface area contributed by atoms with Gasteiger partial charge >= 0.3 is 0 Å². The van der Waals surface area contributed by atoms with E-state index in [-0.39, 0.29) is 12.3 Å². The molecule has 0 radical (unpaired) electrons. The largest absolute Gasteiger partial charge is 0.375 e. The van der Waals surface area contributed by atoms with E-state index < -0.39 is 17.9 Å². The molecule has 0 saturated carbocycles. The Hall–Kier alpha value is -3.18. The van der Waals surface area contributed by atoms with Crippen molar-refractivity contribution in [3.05, 3.63) is 112 Å². The van der Waals surface area contributed by atoms with Crippen molar-refractivity contribution >= 4 is 51.4 Å². The molecular weight excluding hydrogens is 457 g/mol. The normalized spacial score (nSPS) is 17.4. The topological polar surface area (TPSA) is 57.6 Å². The number of hydrogen-bond donors (Lipinski definition) is 1. The number of carbonyl (C=O) groups excluding carboxylic acids is 2. The molecule has 1 N–H and O–H groups in total. The fraction of sp³-hybridized carbons (Fsp3) is 0.111. The predicted octanol–water partition coefficient (Wildman–Crippen LogP) is 6.15. The lowest BCUT2D eigenvalue weighted by atomic mass is 9.87. The smallest absolute Gasteiger partial charge is 0.264 e. The van der Waals surface area contributed by atoms with Gasteiger partial charge < -0.3 is 10.0 Å². The molecule has 5 rings (SSSR count). The number of rotatable bonds is 5. The molecular formula is C27H19Cl2NO3. The van der Waals surface area contributed by atoms with Gasteiger partial charge in [0.25, 0.3) is 5.91 Å². The number of amides is 1. The fourth-order valence-electron chi connectivity index (χ4n) is 4.34. The molecule has 4 aromatic rings. The Balaban J connectivity index is 1.52. The number of aliphatic hydroxyl groups is 1. The van der Waals surface area contributed by atoms with Crippen LogP contribution in [0.3, 0.4) is 0 Å². The fourth-order valence-corrected chi connectivity index (χ4v) is 4.71. The molecule has 33 heavy (non-hydrogen) atoms. The summed E-state index contributed by atoms with van der Waals surface area (Å²) in [6.45, 7) is 0.166. The van der Waals surface area contributed by atoms with Crippen LogP contribution >= 0.6 is 23.2 Å². The van der Waals surface area contributed by atoms with E-state index in [2.05, 4.69) is 0 Å². The van der Waals surface area contributed by atoms with Gasteiger partial charge in [0.05, 0.1) is 18.7 Å². The zero-order valence-electron chi connectivity index (χ0n) is 17.5. The van der Waals surface area contributed by atoms with Crippen LogP contribution in [0.15, 0.2) is 84.9 Å². The third kappa shape index (κ3) is 3.80. The van der Waals surface area contributed by atoms with E-state index in [1.165, 1.54) is 4.90 Å². The van der Waals surface area contributed by atoms with Gasteiger partial charge in [-0.2, -0.15) is 0 Å². The highest BCUT2D eigenvalue weighted by atomic mass is 35.5. The maximum Gasteiger partial charge on any atom is 0.264 e.